The highest BCUT2D eigenvalue weighted by Gasteiger charge is 2.02. The Balaban J connectivity index is 2.36. The molecule has 0 aliphatic rings. The minimum atomic E-state index is 0.578. The SMILES string of the molecule is CC(C)NCCc1ccc(C(C)C)[nH]1. The van der Waals surface area contributed by atoms with Crippen LogP contribution in [0.2, 0.25) is 0 Å². The van der Waals surface area contributed by atoms with Crippen molar-refractivity contribution < 1.29 is 0 Å². The van der Waals surface area contributed by atoms with E-state index in [0.717, 1.165) is 13.0 Å². The molecule has 1 aromatic heterocycles. The van der Waals surface area contributed by atoms with Gasteiger partial charge in [0.2, 0.25) is 0 Å². The summed E-state index contributed by atoms with van der Waals surface area (Å²) in [5.74, 6) is 0.599. The Hall–Kier alpha value is -0.760. The zero-order valence-electron chi connectivity index (χ0n) is 9.72. The predicted molar refractivity (Wildman–Crippen MR) is 61.7 cm³/mol. The molecule has 1 rings (SSSR count). The van der Waals surface area contributed by atoms with Crippen LogP contribution in [0.1, 0.15) is 45.0 Å². The third-order valence-electron chi connectivity index (χ3n) is 2.34. The molecule has 0 unspecified atom stereocenters. The Morgan fingerprint density at radius 2 is 1.93 bits per heavy atom. The van der Waals surface area contributed by atoms with Crippen molar-refractivity contribution in [2.75, 3.05) is 6.54 Å². The molecular formula is C12H22N2. The maximum atomic E-state index is 3.45. The molecule has 0 bridgehead atoms. The third kappa shape index (κ3) is 3.54. The Morgan fingerprint density at radius 1 is 1.21 bits per heavy atom. The summed E-state index contributed by atoms with van der Waals surface area (Å²) in [5.41, 5.74) is 2.67. The van der Waals surface area contributed by atoms with Crippen LogP contribution < -0.4 is 5.32 Å². The lowest BCUT2D eigenvalue weighted by molar-refractivity contribution is 0.587. The fourth-order valence-electron chi connectivity index (χ4n) is 1.44. The van der Waals surface area contributed by atoms with Crippen LogP contribution in [-0.4, -0.2) is 17.6 Å². The van der Waals surface area contributed by atoms with E-state index >= 15 is 0 Å². The average Bonchev–Trinajstić information content (AvgIpc) is 2.52. The topological polar surface area (TPSA) is 27.8 Å². The van der Waals surface area contributed by atoms with Gasteiger partial charge in [0, 0.05) is 24.0 Å². The average molecular weight is 194 g/mol. The second-order valence-electron chi connectivity index (χ2n) is 4.45. The molecule has 0 aliphatic carbocycles. The highest BCUT2D eigenvalue weighted by molar-refractivity contribution is 5.15. The van der Waals surface area contributed by atoms with E-state index in [9.17, 15) is 0 Å². The van der Waals surface area contributed by atoms with Crippen molar-refractivity contribution >= 4 is 0 Å². The lowest BCUT2D eigenvalue weighted by Gasteiger charge is -2.06. The van der Waals surface area contributed by atoms with Crippen molar-refractivity contribution in [2.24, 2.45) is 0 Å². The largest absolute Gasteiger partial charge is 0.362 e. The lowest BCUT2D eigenvalue weighted by Crippen LogP contribution is -2.25. The summed E-state index contributed by atoms with van der Waals surface area (Å²) in [5, 5.41) is 3.41. The monoisotopic (exact) mass is 194 g/mol. The zero-order valence-corrected chi connectivity index (χ0v) is 9.72. The minimum Gasteiger partial charge on any atom is -0.362 e. The molecule has 0 aromatic carbocycles. The summed E-state index contributed by atoms with van der Waals surface area (Å²) in [6.45, 7) is 9.82. The van der Waals surface area contributed by atoms with Gasteiger partial charge in [-0.15, -0.1) is 0 Å². The second kappa shape index (κ2) is 5.20. The molecule has 2 heteroatoms. The number of nitrogens with one attached hydrogen (secondary N) is 2. The fourth-order valence-corrected chi connectivity index (χ4v) is 1.44. The smallest absolute Gasteiger partial charge is 0.0175 e. The number of H-pyrrole nitrogens is 1. The van der Waals surface area contributed by atoms with Crippen molar-refractivity contribution in [1.82, 2.24) is 10.3 Å². The van der Waals surface area contributed by atoms with Crippen LogP contribution in [0.5, 0.6) is 0 Å². The number of hydrogen-bond acceptors (Lipinski definition) is 1. The highest BCUT2D eigenvalue weighted by atomic mass is 14.9. The van der Waals surface area contributed by atoms with E-state index in [1.165, 1.54) is 11.4 Å². The molecule has 2 N–H and O–H groups in total. The number of hydrogen-bond donors (Lipinski definition) is 2. The van der Waals surface area contributed by atoms with Crippen LogP contribution in [0.4, 0.5) is 0 Å². The van der Waals surface area contributed by atoms with E-state index in [0.29, 0.717) is 12.0 Å². The summed E-state index contributed by atoms with van der Waals surface area (Å²) in [6, 6.07) is 4.96. The van der Waals surface area contributed by atoms with Crippen molar-refractivity contribution in [3.8, 4) is 0 Å². The van der Waals surface area contributed by atoms with Gasteiger partial charge in [-0.05, 0) is 24.5 Å². The van der Waals surface area contributed by atoms with E-state index in [1.807, 2.05) is 0 Å². The zero-order chi connectivity index (χ0) is 10.6. The van der Waals surface area contributed by atoms with E-state index in [2.05, 4.69) is 50.1 Å². The van der Waals surface area contributed by atoms with Crippen LogP contribution in [0.25, 0.3) is 0 Å². The summed E-state index contributed by atoms with van der Waals surface area (Å²) >= 11 is 0. The Labute approximate surface area is 87.1 Å². The second-order valence-corrected chi connectivity index (χ2v) is 4.45. The summed E-state index contributed by atoms with van der Waals surface area (Å²) in [7, 11) is 0. The first-order valence-electron chi connectivity index (χ1n) is 5.50. The molecule has 0 saturated heterocycles. The molecule has 80 valence electrons. The molecule has 2 nitrogen and oxygen atoms in total. The van der Waals surface area contributed by atoms with Crippen molar-refractivity contribution in [2.45, 2.75) is 46.1 Å². The number of aromatic amines is 1. The maximum absolute atomic E-state index is 3.45. The number of rotatable bonds is 5. The van der Waals surface area contributed by atoms with Crippen LogP contribution in [0.3, 0.4) is 0 Å². The van der Waals surface area contributed by atoms with Crippen molar-refractivity contribution in [3.05, 3.63) is 23.5 Å². The molecule has 0 fully saturated rings. The van der Waals surface area contributed by atoms with Crippen molar-refractivity contribution in [1.29, 1.82) is 0 Å². The van der Waals surface area contributed by atoms with E-state index in [-0.39, 0.29) is 0 Å². The van der Waals surface area contributed by atoms with E-state index in [4.69, 9.17) is 0 Å². The van der Waals surface area contributed by atoms with Gasteiger partial charge in [0.1, 0.15) is 0 Å². The first kappa shape index (κ1) is 11.3. The first-order valence-corrected chi connectivity index (χ1v) is 5.50. The molecule has 0 spiro atoms. The van der Waals surface area contributed by atoms with Gasteiger partial charge >= 0.3 is 0 Å². The van der Waals surface area contributed by atoms with E-state index < -0.39 is 0 Å². The molecule has 1 heterocycles. The molecule has 0 atom stereocenters. The van der Waals surface area contributed by atoms with Crippen molar-refractivity contribution in [3.63, 3.8) is 0 Å². The number of aromatic nitrogens is 1. The molecule has 14 heavy (non-hydrogen) atoms. The molecule has 0 amide bonds. The van der Waals surface area contributed by atoms with Gasteiger partial charge < -0.3 is 10.3 Å². The summed E-state index contributed by atoms with van der Waals surface area (Å²) < 4.78 is 0. The standard InChI is InChI=1S/C12H22N2/c1-9(2)12-6-5-11(14-12)7-8-13-10(3)4/h5-6,9-10,13-14H,7-8H2,1-4H3. The first-order chi connectivity index (χ1) is 6.59. The Kier molecular flexibility index (Phi) is 4.21. The summed E-state index contributed by atoms with van der Waals surface area (Å²) in [6.07, 6.45) is 1.09. The Morgan fingerprint density at radius 3 is 2.43 bits per heavy atom. The molecule has 0 radical (unpaired) electrons. The van der Waals surface area contributed by atoms with Crippen LogP contribution >= 0.6 is 0 Å². The minimum absolute atomic E-state index is 0.578. The van der Waals surface area contributed by atoms with Crippen LogP contribution in [0, 0.1) is 0 Å². The lowest BCUT2D eigenvalue weighted by atomic mass is 10.1. The molecule has 0 saturated carbocycles. The van der Waals surface area contributed by atoms with E-state index in [1.54, 1.807) is 0 Å². The fraction of sp³-hybridized carbons (Fsp3) is 0.667. The van der Waals surface area contributed by atoms with Crippen LogP contribution in [-0.2, 0) is 6.42 Å². The molecule has 0 aliphatic heterocycles. The normalized spacial score (nSPS) is 11.6. The molecular weight excluding hydrogens is 172 g/mol. The van der Waals surface area contributed by atoms with Gasteiger partial charge in [-0.1, -0.05) is 27.7 Å². The van der Waals surface area contributed by atoms with Gasteiger partial charge in [0.05, 0.1) is 0 Å². The van der Waals surface area contributed by atoms with Gasteiger partial charge in [0.25, 0.3) is 0 Å². The van der Waals surface area contributed by atoms with Crippen LogP contribution in [0.15, 0.2) is 12.1 Å². The summed E-state index contributed by atoms with van der Waals surface area (Å²) in [4.78, 5) is 3.45. The predicted octanol–water partition coefficient (Wildman–Crippen LogP) is 2.68. The maximum Gasteiger partial charge on any atom is 0.0175 e. The Bertz CT molecular complexity index is 261. The molecule has 1 aromatic rings. The van der Waals surface area contributed by atoms with Gasteiger partial charge in [0.15, 0.2) is 0 Å². The quantitative estimate of drug-likeness (QED) is 0.741. The highest BCUT2D eigenvalue weighted by Crippen LogP contribution is 2.13. The van der Waals surface area contributed by atoms with Gasteiger partial charge in [-0.3, -0.25) is 0 Å². The third-order valence-corrected chi connectivity index (χ3v) is 2.34. The van der Waals surface area contributed by atoms with Gasteiger partial charge in [-0.25, -0.2) is 0 Å². The van der Waals surface area contributed by atoms with Gasteiger partial charge in [-0.2, -0.15) is 0 Å².